The molecule has 0 aromatic heterocycles. The van der Waals surface area contributed by atoms with E-state index in [1.165, 1.54) is 12.1 Å². The second-order valence-corrected chi connectivity index (χ2v) is 5.10. The van der Waals surface area contributed by atoms with Crippen LogP contribution in [0, 0.1) is 16.0 Å². The van der Waals surface area contributed by atoms with Gasteiger partial charge in [-0.3, -0.25) is 19.8 Å². The van der Waals surface area contributed by atoms with Crippen LogP contribution < -0.4 is 0 Å². The Labute approximate surface area is 114 Å². The Morgan fingerprint density at radius 3 is 2.74 bits per heavy atom. The summed E-state index contributed by atoms with van der Waals surface area (Å²) in [6, 6.07) is 4.41. The molecule has 0 aliphatic carbocycles. The van der Waals surface area contributed by atoms with E-state index in [0.717, 1.165) is 18.7 Å². The third kappa shape index (κ3) is 3.42. The lowest BCUT2D eigenvalue weighted by Gasteiger charge is -2.38. The smallest absolute Gasteiger partial charge is 0.303 e. The lowest BCUT2D eigenvalue weighted by molar-refractivity contribution is -0.384. The highest BCUT2D eigenvalue weighted by Gasteiger charge is 2.28. The zero-order valence-electron chi connectivity index (χ0n) is 10.1. The minimum atomic E-state index is -0.780. The number of nitro benzene ring substituents is 1. The van der Waals surface area contributed by atoms with Gasteiger partial charge < -0.3 is 5.11 Å². The molecule has 19 heavy (non-hydrogen) atoms. The van der Waals surface area contributed by atoms with Crippen LogP contribution in [0.3, 0.4) is 0 Å². The molecule has 7 heteroatoms. The highest BCUT2D eigenvalue weighted by molar-refractivity contribution is 6.31. The van der Waals surface area contributed by atoms with Gasteiger partial charge in [-0.1, -0.05) is 11.6 Å². The largest absolute Gasteiger partial charge is 0.481 e. The van der Waals surface area contributed by atoms with Gasteiger partial charge in [0, 0.05) is 31.8 Å². The Morgan fingerprint density at radius 2 is 2.21 bits per heavy atom. The number of nitrogens with zero attached hydrogens (tertiary/aromatic N) is 2. The van der Waals surface area contributed by atoms with Crippen molar-refractivity contribution in [3.63, 3.8) is 0 Å². The zero-order chi connectivity index (χ0) is 14.0. The molecule has 0 radical (unpaired) electrons. The number of rotatable bonds is 5. The maximum absolute atomic E-state index is 10.6. The normalized spacial score (nSPS) is 16.1. The van der Waals surface area contributed by atoms with E-state index in [1.54, 1.807) is 6.07 Å². The maximum Gasteiger partial charge on any atom is 0.303 e. The van der Waals surface area contributed by atoms with E-state index in [4.69, 9.17) is 16.7 Å². The van der Waals surface area contributed by atoms with Gasteiger partial charge in [0.15, 0.2) is 0 Å². The molecule has 1 aliphatic rings. The van der Waals surface area contributed by atoms with Gasteiger partial charge in [0.25, 0.3) is 5.69 Å². The van der Waals surface area contributed by atoms with E-state index < -0.39 is 10.9 Å². The minimum Gasteiger partial charge on any atom is -0.481 e. The third-order valence-corrected chi connectivity index (χ3v) is 3.49. The van der Waals surface area contributed by atoms with Crippen LogP contribution in [0.5, 0.6) is 0 Å². The van der Waals surface area contributed by atoms with Gasteiger partial charge in [-0.15, -0.1) is 0 Å². The molecule has 2 rings (SSSR count). The van der Waals surface area contributed by atoms with Gasteiger partial charge in [0.1, 0.15) is 0 Å². The fraction of sp³-hybridized carbons (Fsp3) is 0.417. The number of aliphatic carboxylic acids is 1. The number of carboxylic acid groups (broad SMARTS) is 1. The SMILES string of the molecule is O=C(O)CC1CN(Cc2ccc([N+](=O)[O-])cc2Cl)C1. The molecule has 0 saturated carbocycles. The van der Waals surface area contributed by atoms with Crippen molar-refractivity contribution < 1.29 is 14.8 Å². The zero-order valence-corrected chi connectivity index (χ0v) is 10.8. The molecule has 1 aromatic rings. The van der Waals surface area contributed by atoms with Gasteiger partial charge in [-0.2, -0.15) is 0 Å². The van der Waals surface area contributed by atoms with Crippen LogP contribution in [-0.2, 0) is 11.3 Å². The summed E-state index contributed by atoms with van der Waals surface area (Å²) in [4.78, 5) is 22.7. The van der Waals surface area contributed by atoms with Crippen LogP contribution >= 0.6 is 11.6 Å². The summed E-state index contributed by atoms with van der Waals surface area (Å²) in [7, 11) is 0. The van der Waals surface area contributed by atoms with Gasteiger partial charge in [-0.05, 0) is 17.5 Å². The Balaban J connectivity index is 1.91. The summed E-state index contributed by atoms with van der Waals surface area (Å²) in [6.07, 6.45) is 0.185. The molecule has 0 spiro atoms. The topological polar surface area (TPSA) is 83.7 Å². The van der Waals surface area contributed by atoms with Crippen molar-refractivity contribution >= 4 is 23.3 Å². The molecule has 1 aromatic carbocycles. The Bertz CT molecular complexity index is 514. The van der Waals surface area contributed by atoms with E-state index in [1.807, 2.05) is 0 Å². The summed E-state index contributed by atoms with van der Waals surface area (Å²) in [5, 5.41) is 19.6. The lowest BCUT2D eigenvalue weighted by atomic mass is 9.96. The molecule has 0 atom stereocenters. The summed E-state index contributed by atoms with van der Waals surface area (Å²) in [5.74, 6) is -0.590. The second-order valence-electron chi connectivity index (χ2n) is 4.69. The quantitative estimate of drug-likeness (QED) is 0.661. The molecule has 0 bridgehead atoms. The standard InChI is InChI=1S/C12H13ClN2O4/c13-11-4-10(15(18)19)2-1-9(11)7-14-5-8(6-14)3-12(16)17/h1-2,4,8H,3,5-7H2,(H,16,17). The number of likely N-dealkylation sites (tertiary alicyclic amines) is 1. The number of hydrogen-bond acceptors (Lipinski definition) is 4. The molecule has 0 unspecified atom stereocenters. The summed E-state index contributed by atoms with van der Waals surface area (Å²) < 4.78 is 0. The summed E-state index contributed by atoms with van der Waals surface area (Å²) in [5.41, 5.74) is 0.794. The van der Waals surface area contributed by atoms with E-state index in [9.17, 15) is 14.9 Å². The minimum absolute atomic E-state index is 0.0267. The predicted octanol–water partition coefficient (Wildman–Crippen LogP) is 2.15. The van der Waals surface area contributed by atoms with Crippen LogP contribution in [0.4, 0.5) is 5.69 Å². The van der Waals surface area contributed by atoms with Crippen molar-refractivity contribution in [2.45, 2.75) is 13.0 Å². The van der Waals surface area contributed by atoms with E-state index >= 15 is 0 Å². The average Bonchev–Trinajstić information content (AvgIpc) is 2.27. The molecule has 1 saturated heterocycles. The molecule has 0 amide bonds. The van der Waals surface area contributed by atoms with Crippen molar-refractivity contribution in [1.29, 1.82) is 0 Å². The fourth-order valence-corrected chi connectivity index (χ4v) is 2.44. The monoisotopic (exact) mass is 284 g/mol. The van der Waals surface area contributed by atoms with Gasteiger partial charge in [0.2, 0.25) is 0 Å². The third-order valence-electron chi connectivity index (χ3n) is 3.14. The Kier molecular flexibility index (Phi) is 4.01. The van der Waals surface area contributed by atoms with Crippen LogP contribution in [0.2, 0.25) is 5.02 Å². The first-order valence-corrected chi connectivity index (χ1v) is 6.20. The number of benzene rings is 1. The molecule has 1 aliphatic heterocycles. The van der Waals surface area contributed by atoms with E-state index in [-0.39, 0.29) is 18.0 Å². The first-order chi connectivity index (χ1) is 8.95. The van der Waals surface area contributed by atoms with Gasteiger partial charge in [0.05, 0.1) is 16.4 Å². The summed E-state index contributed by atoms with van der Waals surface area (Å²) in [6.45, 7) is 2.03. The number of hydrogen-bond donors (Lipinski definition) is 1. The van der Waals surface area contributed by atoms with E-state index in [2.05, 4.69) is 4.90 Å². The van der Waals surface area contributed by atoms with Crippen molar-refractivity contribution in [2.75, 3.05) is 13.1 Å². The maximum atomic E-state index is 10.6. The van der Waals surface area contributed by atoms with Crippen molar-refractivity contribution in [1.82, 2.24) is 4.90 Å². The Morgan fingerprint density at radius 1 is 1.53 bits per heavy atom. The average molecular weight is 285 g/mol. The second kappa shape index (κ2) is 5.54. The summed E-state index contributed by atoms with van der Waals surface area (Å²) >= 11 is 5.99. The van der Waals surface area contributed by atoms with Gasteiger partial charge >= 0.3 is 5.97 Å². The lowest BCUT2D eigenvalue weighted by Crippen LogP contribution is -2.46. The Hall–Kier alpha value is -1.66. The predicted molar refractivity (Wildman–Crippen MR) is 69.1 cm³/mol. The molecule has 1 heterocycles. The number of nitro groups is 1. The first kappa shape index (κ1) is 13.8. The highest BCUT2D eigenvalue weighted by Crippen LogP contribution is 2.27. The molecule has 1 fully saturated rings. The highest BCUT2D eigenvalue weighted by atomic mass is 35.5. The number of carboxylic acids is 1. The van der Waals surface area contributed by atoms with Crippen LogP contribution in [0.25, 0.3) is 0 Å². The number of halogens is 1. The van der Waals surface area contributed by atoms with Crippen LogP contribution in [0.1, 0.15) is 12.0 Å². The molecular weight excluding hydrogens is 272 g/mol. The first-order valence-electron chi connectivity index (χ1n) is 5.82. The molecule has 1 N–H and O–H groups in total. The molecule has 102 valence electrons. The molecule has 6 nitrogen and oxygen atoms in total. The van der Waals surface area contributed by atoms with Crippen molar-refractivity contribution in [3.05, 3.63) is 38.9 Å². The van der Waals surface area contributed by atoms with E-state index in [0.29, 0.717) is 11.6 Å². The van der Waals surface area contributed by atoms with Crippen molar-refractivity contribution in [2.24, 2.45) is 5.92 Å². The molecular formula is C12H13ClN2O4. The van der Waals surface area contributed by atoms with Crippen molar-refractivity contribution in [3.8, 4) is 0 Å². The number of non-ortho nitro benzene ring substituents is 1. The van der Waals surface area contributed by atoms with Gasteiger partial charge in [-0.25, -0.2) is 0 Å². The van der Waals surface area contributed by atoms with Crippen LogP contribution in [-0.4, -0.2) is 34.0 Å². The van der Waals surface area contributed by atoms with Crippen LogP contribution in [0.15, 0.2) is 18.2 Å². The number of carbonyl (C=O) groups is 1. The fourth-order valence-electron chi connectivity index (χ4n) is 2.20.